The van der Waals surface area contributed by atoms with Gasteiger partial charge in [-0.25, -0.2) is 4.68 Å². The Kier molecular flexibility index (Phi) is 7.43. The smallest absolute Gasteiger partial charge is 0.291 e. The Labute approximate surface area is 193 Å². The van der Waals surface area contributed by atoms with Gasteiger partial charge in [-0.3, -0.25) is 14.4 Å². The number of aryl methyl sites for hydroxylation is 1. The lowest BCUT2D eigenvalue weighted by Gasteiger charge is -2.20. The van der Waals surface area contributed by atoms with Crippen molar-refractivity contribution in [3.63, 3.8) is 0 Å². The topological polar surface area (TPSA) is 93.1 Å². The molecule has 2 N–H and O–H groups in total. The maximum Gasteiger partial charge on any atom is 0.291 e. The van der Waals surface area contributed by atoms with Gasteiger partial charge >= 0.3 is 0 Å². The minimum atomic E-state index is -0.851. The number of amides is 2. The fraction of sp³-hybridized carbons (Fsp3) is 0.308. The van der Waals surface area contributed by atoms with Crippen LogP contribution in [0.5, 0.6) is 0 Å². The lowest BCUT2D eigenvalue weighted by molar-refractivity contribution is -0.120. The summed E-state index contributed by atoms with van der Waals surface area (Å²) in [6, 6.07) is 15.7. The van der Waals surface area contributed by atoms with Crippen molar-refractivity contribution < 1.29 is 9.59 Å². The van der Waals surface area contributed by atoms with Crippen molar-refractivity contribution in [2.75, 3.05) is 10.6 Å². The monoisotopic (exact) mass is 446 g/mol. The first kappa shape index (κ1) is 23.9. The molecule has 2 aromatic carbocycles. The quantitative estimate of drug-likeness (QED) is 0.550. The Balaban J connectivity index is 2.08. The highest BCUT2D eigenvalue weighted by molar-refractivity contribution is 5.95. The lowest BCUT2D eigenvalue weighted by Crippen LogP contribution is -2.37. The van der Waals surface area contributed by atoms with Crippen LogP contribution in [0.4, 0.5) is 11.4 Å². The van der Waals surface area contributed by atoms with E-state index in [1.54, 1.807) is 19.9 Å². The SMILES string of the molecule is CCC(C(=O)Nc1cccc(C)c1C)n1nc(-c2ccccc2)cc(NC(=O)C(C)C)c1=O. The number of carbonyl (C=O) groups is 2. The van der Waals surface area contributed by atoms with E-state index in [-0.39, 0.29) is 23.4 Å². The molecule has 33 heavy (non-hydrogen) atoms. The number of carbonyl (C=O) groups excluding carboxylic acids is 2. The highest BCUT2D eigenvalue weighted by Gasteiger charge is 2.25. The van der Waals surface area contributed by atoms with Crippen LogP contribution in [0.3, 0.4) is 0 Å². The van der Waals surface area contributed by atoms with Gasteiger partial charge in [0.1, 0.15) is 11.7 Å². The van der Waals surface area contributed by atoms with Gasteiger partial charge < -0.3 is 10.6 Å². The Hall–Kier alpha value is -3.74. The Morgan fingerprint density at radius 2 is 1.61 bits per heavy atom. The molecular formula is C26H30N4O3. The molecule has 1 aromatic heterocycles. The van der Waals surface area contributed by atoms with Crippen LogP contribution in [0.2, 0.25) is 0 Å². The molecule has 7 nitrogen and oxygen atoms in total. The molecule has 2 amide bonds. The van der Waals surface area contributed by atoms with Crippen molar-refractivity contribution in [1.29, 1.82) is 0 Å². The third-order valence-electron chi connectivity index (χ3n) is 5.63. The number of nitrogens with zero attached hydrogens (tertiary/aromatic N) is 2. The number of anilines is 2. The summed E-state index contributed by atoms with van der Waals surface area (Å²) in [6.07, 6.45) is 0.347. The van der Waals surface area contributed by atoms with Gasteiger partial charge in [0, 0.05) is 17.2 Å². The molecule has 3 aromatic rings. The minimum absolute atomic E-state index is 0.0977. The molecule has 0 fully saturated rings. The Morgan fingerprint density at radius 3 is 2.24 bits per heavy atom. The molecular weight excluding hydrogens is 416 g/mol. The first-order chi connectivity index (χ1) is 15.7. The lowest BCUT2D eigenvalue weighted by atomic mass is 10.1. The van der Waals surface area contributed by atoms with Crippen LogP contribution < -0.4 is 16.2 Å². The van der Waals surface area contributed by atoms with Crippen LogP contribution >= 0.6 is 0 Å². The van der Waals surface area contributed by atoms with Gasteiger partial charge in [-0.05, 0) is 43.5 Å². The van der Waals surface area contributed by atoms with Crippen molar-refractivity contribution in [3.8, 4) is 11.3 Å². The summed E-state index contributed by atoms with van der Waals surface area (Å²) in [5, 5.41) is 10.2. The highest BCUT2D eigenvalue weighted by Crippen LogP contribution is 2.23. The second-order valence-corrected chi connectivity index (χ2v) is 8.36. The van der Waals surface area contributed by atoms with E-state index in [9.17, 15) is 14.4 Å². The van der Waals surface area contributed by atoms with Gasteiger partial charge in [-0.1, -0.05) is 63.2 Å². The average Bonchev–Trinajstić information content (AvgIpc) is 2.80. The summed E-state index contributed by atoms with van der Waals surface area (Å²) < 4.78 is 1.18. The molecule has 0 aliphatic carbocycles. The number of hydrogen-bond donors (Lipinski definition) is 2. The fourth-order valence-corrected chi connectivity index (χ4v) is 3.41. The highest BCUT2D eigenvalue weighted by atomic mass is 16.2. The number of benzene rings is 2. The van der Waals surface area contributed by atoms with Crippen LogP contribution in [0, 0.1) is 19.8 Å². The molecule has 0 aliphatic rings. The average molecular weight is 447 g/mol. The van der Waals surface area contributed by atoms with Crippen LogP contribution in [0.15, 0.2) is 59.4 Å². The van der Waals surface area contributed by atoms with E-state index in [4.69, 9.17) is 0 Å². The number of hydrogen-bond acceptors (Lipinski definition) is 4. The van der Waals surface area contributed by atoms with Crippen molar-refractivity contribution in [3.05, 3.63) is 76.1 Å². The van der Waals surface area contributed by atoms with E-state index in [0.717, 1.165) is 16.7 Å². The second-order valence-electron chi connectivity index (χ2n) is 8.36. The van der Waals surface area contributed by atoms with E-state index in [1.807, 2.05) is 69.3 Å². The van der Waals surface area contributed by atoms with Crippen LogP contribution in [-0.2, 0) is 9.59 Å². The maximum absolute atomic E-state index is 13.3. The molecule has 0 saturated heterocycles. The minimum Gasteiger partial charge on any atom is -0.324 e. The number of nitrogens with one attached hydrogen (secondary N) is 2. The predicted octanol–water partition coefficient (Wildman–Crippen LogP) is 4.71. The van der Waals surface area contributed by atoms with Crippen molar-refractivity contribution in [2.45, 2.75) is 47.1 Å². The predicted molar refractivity (Wildman–Crippen MR) is 131 cm³/mol. The molecule has 0 saturated carbocycles. The third kappa shape index (κ3) is 5.37. The Morgan fingerprint density at radius 1 is 0.939 bits per heavy atom. The molecule has 1 unspecified atom stereocenters. The van der Waals surface area contributed by atoms with Gasteiger partial charge in [0.2, 0.25) is 11.8 Å². The zero-order chi connectivity index (χ0) is 24.1. The van der Waals surface area contributed by atoms with Crippen molar-refractivity contribution >= 4 is 23.2 Å². The summed E-state index contributed by atoms with van der Waals surface area (Å²) in [6.45, 7) is 9.23. The molecule has 0 spiro atoms. The molecule has 7 heteroatoms. The maximum atomic E-state index is 13.3. The van der Waals surface area contributed by atoms with E-state index < -0.39 is 11.6 Å². The third-order valence-corrected chi connectivity index (χ3v) is 5.63. The number of aromatic nitrogens is 2. The van der Waals surface area contributed by atoms with Gasteiger partial charge in [0.05, 0.1) is 5.69 Å². The summed E-state index contributed by atoms with van der Waals surface area (Å²) in [7, 11) is 0. The van der Waals surface area contributed by atoms with Crippen LogP contribution in [0.25, 0.3) is 11.3 Å². The summed E-state index contributed by atoms with van der Waals surface area (Å²) in [4.78, 5) is 38.9. The summed E-state index contributed by atoms with van der Waals surface area (Å²) in [5.74, 6) is -0.926. The fourth-order valence-electron chi connectivity index (χ4n) is 3.41. The molecule has 0 radical (unpaired) electrons. The van der Waals surface area contributed by atoms with Gasteiger partial charge in [0.15, 0.2) is 0 Å². The second kappa shape index (κ2) is 10.3. The molecule has 3 rings (SSSR count). The zero-order valence-electron chi connectivity index (χ0n) is 19.7. The summed E-state index contributed by atoms with van der Waals surface area (Å²) in [5.41, 5.74) is 3.55. The molecule has 1 atom stereocenters. The summed E-state index contributed by atoms with van der Waals surface area (Å²) >= 11 is 0. The van der Waals surface area contributed by atoms with Crippen LogP contribution in [0.1, 0.15) is 44.4 Å². The van der Waals surface area contributed by atoms with Crippen molar-refractivity contribution in [1.82, 2.24) is 9.78 Å². The molecule has 1 heterocycles. The Bertz CT molecular complexity index is 1220. The largest absolute Gasteiger partial charge is 0.324 e. The van der Waals surface area contributed by atoms with Gasteiger partial charge in [-0.2, -0.15) is 5.10 Å². The molecule has 0 bridgehead atoms. The van der Waals surface area contributed by atoms with E-state index in [2.05, 4.69) is 15.7 Å². The molecule has 172 valence electrons. The van der Waals surface area contributed by atoms with Crippen molar-refractivity contribution in [2.24, 2.45) is 5.92 Å². The van der Waals surface area contributed by atoms with Gasteiger partial charge in [0.25, 0.3) is 5.56 Å². The standard InChI is InChI=1S/C26H30N4O3/c1-6-23(25(32)27-20-14-10-11-17(4)18(20)5)30-26(33)22(28-24(31)16(2)3)15-21(29-30)19-12-8-7-9-13-19/h7-16,23H,6H2,1-5H3,(H,27,32)(H,28,31). The first-order valence-corrected chi connectivity index (χ1v) is 11.1. The van der Waals surface area contributed by atoms with E-state index >= 15 is 0 Å². The zero-order valence-corrected chi connectivity index (χ0v) is 19.7. The number of rotatable bonds is 7. The first-order valence-electron chi connectivity index (χ1n) is 11.1. The van der Waals surface area contributed by atoms with E-state index in [1.165, 1.54) is 4.68 Å². The van der Waals surface area contributed by atoms with E-state index in [0.29, 0.717) is 17.8 Å². The van der Waals surface area contributed by atoms with Crippen LogP contribution in [-0.4, -0.2) is 21.6 Å². The van der Waals surface area contributed by atoms with Gasteiger partial charge in [-0.15, -0.1) is 0 Å². The normalized spacial score (nSPS) is 11.8. The molecule has 0 aliphatic heterocycles.